The van der Waals surface area contributed by atoms with Gasteiger partial charge in [0, 0.05) is 18.7 Å². The number of nitrogens with one attached hydrogen (secondary N) is 2. The second kappa shape index (κ2) is 9.21. The minimum Gasteiger partial charge on any atom is -0.484 e. The third-order valence-electron chi connectivity index (χ3n) is 5.80. The molecule has 2 atom stereocenters. The Morgan fingerprint density at radius 3 is 2.81 bits per heavy atom. The van der Waals surface area contributed by atoms with E-state index in [-0.39, 0.29) is 41.5 Å². The maximum absolute atomic E-state index is 13.4. The van der Waals surface area contributed by atoms with Gasteiger partial charge in [0.2, 0.25) is 5.89 Å². The topological polar surface area (TPSA) is 102 Å². The Morgan fingerprint density at radius 1 is 1.25 bits per heavy atom. The van der Waals surface area contributed by atoms with Crippen molar-refractivity contribution in [3.63, 3.8) is 0 Å². The fourth-order valence-corrected chi connectivity index (χ4v) is 3.94. The summed E-state index contributed by atoms with van der Waals surface area (Å²) in [5.74, 6) is -0.0450. The van der Waals surface area contributed by atoms with Crippen LogP contribution in [0, 0.1) is 5.82 Å². The number of rotatable bonds is 8. The van der Waals surface area contributed by atoms with Gasteiger partial charge in [-0.2, -0.15) is 0 Å². The molecule has 1 aliphatic carbocycles. The summed E-state index contributed by atoms with van der Waals surface area (Å²) in [6.45, 7) is 1.95. The number of amides is 1. The van der Waals surface area contributed by atoms with E-state index in [1.807, 2.05) is 4.90 Å². The zero-order chi connectivity index (χ0) is 22.1. The van der Waals surface area contributed by atoms with E-state index in [0.717, 1.165) is 32.0 Å². The predicted octanol–water partition coefficient (Wildman–Crippen LogP) is 2.22. The number of ether oxygens (including phenoxy) is 2. The average molecular weight is 466 g/mol. The van der Waals surface area contributed by atoms with Crippen LogP contribution in [0.4, 0.5) is 10.4 Å². The summed E-state index contributed by atoms with van der Waals surface area (Å²) in [4.78, 5) is 14.2. The zero-order valence-electron chi connectivity index (χ0n) is 17.4. The number of anilines is 1. The summed E-state index contributed by atoms with van der Waals surface area (Å²) in [7, 11) is 0. The lowest BCUT2D eigenvalue weighted by Gasteiger charge is -2.37. The third kappa shape index (κ3) is 5.13. The van der Waals surface area contributed by atoms with Crippen LogP contribution in [0.1, 0.15) is 37.6 Å². The predicted molar refractivity (Wildman–Crippen MR) is 113 cm³/mol. The highest BCUT2D eigenvalue weighted by molar-refractivity contribution is 6.30. The maximum atomic E-state index is 13.4. The summed E-state index contributed by atoms with van der Waals surface area (Å²) >= 11 is 5.64. The Bertz CT molecular complexity index is 957. The van der Waals surface area contributed by atoms with E-state index < -0.39 is 5.82 Å². The summed E-state index contributed by atoms with van der Waals surface area (Å²) in [6, 6.07) is 4.51. The number of piperidine rings is 1. The highest BCUT2D eigenvalue weighted by Gasteiger charge is 2.36. The van der Waals surface area contributed by atoms with E-state index in [1.54, 1.807) is 0 Å². The number of nitrogens with zero attached hydrogens (tertiary/aromatic N) is 3. The van der Waals surface area contributed by atoms with Gasteiger partial charge in [-0.05, 0) is 37.8 Å². The second-order valence-corrected chi connectivity index (χ2v) is 8.86. The van der Waals surface area contributed by atoms with Gasteiger partial charge < -0.3 is 29.4 Å². The number of aromatic nitrogens is 2. The molecule has 0 unspecified atom stereocenters. The molecule has 5 rings (SSSR count). The standard InChI is InChI=1S/C21H25ClFN5O4/c22-16-5-4-14(7-17(16)23)30-11-19(29)25-12-1-6-18(24-8-12)20-26-27-21(32-20)28-9-15(10-28)31-13-2-3-13/h4-5,7,12-13,15,18,24H,1-3,6,8-11H2,(H,25,29)/t12-,18+/m0/s1. The molecule has 3 heterocycles. The largest absolute Gasteiger partial charge is 0.484 e. The number of halogens is 2. The molecule has 2 aromatic rings. The monoisotopic (exact) mass is 465 g/mol. The van der Waals surface area contributed by atoms with Crippen molar-refractivity contribution in [1.82, 2.24) is 20.8 Å². The SMILES string of the molecule is O=C(COc1ccc(Cl)c(F)c1)N[C@H]1CC[C@H](c2nnc(N3CC(OC4CC4)C3)o2)NC1. The lowest BCUT2D eigenvalue weighted by atomic mass is 10.0. The summed E-state index contributed by atoms with van der Waals surface area (Å²) in [6.07, 6.45) is 4.57. The quantitative estimate of drug-likeness (QED) is 0.612. The number of carbonyl (C=O) groups is 1. The molecule has 9 nitrogen and oxygen atoms in total. The fraction of sp³-hybridized carbons (Fsp3) is 0.571. The van der Waals surface area contributed by atoms with E-state index in [2.05, 4.69) is 20.8 Å². The fourth-order valence-electron chi connectivity index (χ4n) is 3.83. The average Bonchev–Trinajstić information content (AvgIpc) is 3.46. The van der Waals surface area contributed by atoms with Crippen LogP contribution >= 0.6 is 11.6 Å². The lowest BCUT2D eigenvalue weighted by Crippen LogP contribution is -2.52. The molecule has 1 amide bonds. The molecule has 1 aromatic heterocycles. The number of hydrogen-bond donors (Lipinski definition) is 2. The third-order valence-corrected chi connectivity index (χ3v) is 6.10. The van der Waals surface area contributed by atoms with Gasteiger partial charge >= 0.3 is 6.01 Å². The van der Waals surface area contributed by atoms with Gasteiger partial charge in [0.25, 0.3) is 5.91 Å². The molecule has 2 N–H and O–H groups in total. The van der Waals surface area contributed by atoms with Crippen molar-refractivity contribution in [2.45, 2.75) is 50.0 Å². The molecule has 3 fully saturated rings. The summed E-state index contributed by atoms with van der Waals surface area (Å²) < 4.78 is 30.5. The van der Waals surface area contributed by atoms with Crippen LogP contribution in [0.3, 0.4) is 0 Å². The van der Waals surface area contributed by atoms with Gasteiger partial charge in [0.05, 0.1) is 36.4 Å². The van der Waals surface area contributed by atoms with Crippen molar-refractivity contribution in [2.75, 3.05) is 31.1 Å². The van der Waals surface area contributed by atoms with E-state index in [0.29, 0.717) is 24.6 Å². The van der Waals surface area contributed by atoms with Crippen LogP contribution in [0.2, 0.25) is 5.02 Å². The first-order valence-electron chi connectivity index (χ1n) is 10.9. The number of hydrogen-bond acceptors (Lipinski definition) is 8. The van der Waals surface area contributed by atoms with Gasteiger partial charge in [0.15, 0.2) is 6.61 Å². The highest BCUT2D eigenvalue weighted by Crippen LogP contribution is 2.31. The van der Waals surface area contributed by atoms with Crippen molar-refractivity contribution in [2.24, 2.45) is 0 Å². The molecule has 2 saturated heterocycles. The molecule has 2 aliphatic heterocycles. The van der Waals surface area contributed by atoms with Crippen molar-refractivity contribution in [3.8, 4) is 5.75 Å². The summed E-state index contributed by atoms with van der Waals surface area (Å²) in [5.41, 5.74) is 0. The van der Waals surface area contributed by atoms with Crippen molar-refractivity contribution in [3.05, 3.63) is 34.9 Å². The van der Waals surface area contributed by atoms with Crippen LogP contribution < -0.4 is 20.3 Å². The lowest BCUT2D eigenvalue weighted by molar-refractivity contribution is -0.124. The van der Waals surface area contributed by atoms with Gasteiger partial charge in [0.1, 0.15) is 11.6 Å². The molecular formula is C21H25ClFN5O4. The second-order valence-electron chi connectivity index (χ2n) is 8.45. The van der Waals surface area contributed by atoms with Gasteiger partial charge in [-0.15, -0.1) is 5.10 Å². The molecule has 3 aliphatic rings. The molecule has 0 spiro atoms. The zero-order valence-corrected chi connectivity index (χ0v) is 18.2. The molecule has 1 aromatic carbocycles. The molecule has 32 heavy (non-hydrogen) atoms. The van der Waals surface area contributed by atoms with Gasteiger partial charge in [-0.3, -0.25) is 4.79 Å². The van der Waals surface area contributed by atoms with Crippen LogP contribution in [-0.4, -0.2) is 60.6 Å². The molecule has 1 saturated carbocycles. The first-order chi connectivity index (χ1) is 15.5. The summed E-state index contributed by atoms with van der Waals surface area (Å²) in [5, 5.41) is 14.6. The number of carbonyl (C=O) groups excluding carboxylic acids is 1. The number of benzene rings is 1. The van der Waals surface area contributed by atoms with Crippen molar-refractivity contribution in [1.29, 1.82) is 0 Å². The van der Waals surface area contributed by atoms with Crippen molar-refractivity contribution < 1.29 is 23.1 Å². The van der Waals surface area contributed by atoms with Gasteiger partial charge in [-0.25, -0.2) is 4.39 Å². The molecule has 11 heteroatoms. The van der Waals surface area contributed by atoms with Crippen LogP contribution in [0.15, 0.2) is 22.6 Å². The Morgan fingerprint density at radius 2 is 2.09 bits per heavy atom. The molecule has 172 valence electrons. The molecule has 0 bridgehead atoms. The Kier molecular flexibility index (Phi) is 6.16. The molecule has 0 radical (unpaired) electrons. The van der Waals surface area contributed by atoms with E-state index in [4.69, 9.17) is 25.5 Å². The van der Waals surface area contributed by atoms with Crippen LogP contribution in [0.25, 0.3) is 0 Å². The van der Waals surface area contributed by atoms with E-state index in [1.165, 1.54) is 25.0 Å². The van der Waals surface area contributed by atoms with E-state index >= 15 is 0 Å². The van der Waals surface area contributed by atoms with Crippen LogP contribution in [-0.2, 0) is 9.53 Å². The normalized spacial score (nSPS) is 23.6. The van der Waals surface area contributed by atoms with Crippen LogP contribution in [0.5, 0.6) is 5.75 Å². The minimum atomic E-state index is -0.586. The Labute approximate surface area is 189 Å². The maximum Gasteiger partial charge on any atom is 0.318 e. The van der Waals surface area contributed by atoms with E-state index in [9.17, 15) is 9.18 Å². The van der Waals surface area contributed by atoms with Crippen molar-refractivity contribution >= 4 is 23.5 Å². The van der Waals surface area contributed by atoms with Gasteiger partial charge in [-0.1, -0.05) is 16.7 Å². The Hall–Kier alpha value is -2.43. The first kappa shape index (κ1) is 21.4. The molecular weight excluding hydrogens is 441 g/mol. The minimum absolute atomic E-state index is 0.00895. The highest BCUT2D eigenvalue weighted by atomic mass is 35.5. The Balaban J connectivity index is 1.03. The smallest absolute Gasteiger partial charge is 0.318 e. The first-order valence-corrected chi connectivity index (χ1v) is 11.3.